The number of ether oxygens (including phenoxy) is 1. The molecule has 2 heterocycles. The molecule has 2 aliphatic heterocycles. The Morgan fingerprint density at radius 3 is 2.34 bits per heavy atom. The van der Waals surface area contributed by atoms with E-state index in [2.05, 4.69) is 5.32 Å². The first-order valence-electron chi connectivity index (χ1n) is 12.4. The number of benzene rings is 2. The minimum atomic E-state index is -3.69. The van der Waals surface area contributed by atoms with Gasteiger partial charge in [-0.1, -0.05) is 37.5 Å². The highest BCUT2D eigenvalue weighted by Gasteiger charge is 2.27. The summed E-state index contributed by atoms with van der Waals surface area (Å²) in [5.74, 6) is 0.487. The fourth-order valence-electron chi connectivity index (χ4n) is 4.47. The highest BCUT2D eigenvalue weighted by molar-refractivity contribution is 7.89. The van der Waals surface area contributed by atoms with Crippen molar-refractivity contribution >= 4 is 27.5 Å². The van der Waals surface area contributed by atoms with Crippen LogP contribution in [0.15, 0.2) is 53.4 Å². The van der Waals surface area contributed by atoms with Crippen molar-refractivity contribution in [2.75, 3.05) is 31.5 Å². The van der Waals surface area contributed by atoms with E-state index in [9.17, 15) is 18.0 Å². The standard InChI is InChI=1S/C26H33N3O5S/c30-25(20-28-16-8-2-1-7-13-26(28)31)27-23-19-22(35(32,33)29-17-9-4-10-18-29)14-15-24(23)34-21-11-5-3-6-12-21/h3,5-6,11-12,14-15,19H,1-2,4,7-10,13,16-18,20H2,(H,27,30). The van der Waals surface area contributed by atoms with Gasteiger partial charge in [0.2, 0.25) is 21.8 Å². The lowest BCUT2D eigenvalue weighted by Crippen LogP contribution is -2.39. The van der Waals surface area contributed by atoms with E-state index in [-0.39, 0.29) is 28.9 Å². The number of anilines is 1. The van der Waals surface area contributed by atoms with E-state index < -0.39 is 10.0 Å². The number of para-hydroxylation sites is 1. The predicted octanol–water partition coefficient (Wildman–Crippen LogP) is 4.38. The average Bonchev–Trinajstić information content (AvgIpc) is 2.86. The van der Waals surface area contributed by atoms with Crippen LogP contribution in [0.2, 0.25) is 0 Å². The van der Waals surface area contributed by atoms with Crippen molar-refractivity contribution in [1.82, 2.24) is 9.21 Å². The molecule has 0 bridgehead atoms. The smallest absolute Gasteiger partial charge is 0.244 e. The Labute approximate surface area is 207 Å². The number of hydrogen-bond acceptors (Lipinski definition) is 5. The van der Waals surface area contributed by atoms with Gasteiger partial charge in [0.1, 0.15) is 5.75 Å². The van der Waals surface area contributed by atoms with Crippen molar-refractivity contribution in [2.24, 2.45) is 0 Å². The summed E-state index contributed by atoms with van der Waals surface area (Å²) < 4.78 is 34.0. The third-order valence-corrected chi connectivity index (χ3v) is 8.30. The lowest BCUT2D eigenvalue weighted by molar-refractivity contribution is -0.135. The van der Waals surface area contributed by atoms with Crippen LogP contribution in [-0.4, -0.2) is 55.6 Å². The number of likely N-dealkylation sites (tertiary alicyclic amines) is 1. The van der Waals surface area contributed by atoms with Gasteiger partial charge in [0.05, 0.1) is 17.1 Å². The van der Waals surface area contributed by atoms with E-state index >= 15 is 0 Å². The minimum Gasteiger partial charge on any atom is -0.455 e. The fraction of sp³-hybridized carbons (Fsp3) is 0.462. The van der Waals surface area contributed by atoms with Gasteiger partial charge in [0, 0.05) is 26.1 Å². The SMILES string of the molecule is O=C(CN1CCCCCCC1=O)Nc1cc(S(=O)(=O)N2CCCCC2)ccc1Oc1ccccc1. The van der Waals surface area contributed by atoms with Gasteiger partial charge >= 0.3 is 0 Å². The van der Waals surface area contributed by atoms with E-state index in [1.165, 1.54) is 16.4 Å². The zero-order chi connectivity index (χ0) is 24.7. The van der Waals surface area contributed by atoms with Crippen LogP contribution in [0.1, 0.15) is 51.4 Å². The number of amides is 2. The van der Waals surface area contributed by atoms with E-state index in [0.717, 1.165) is 44.9 Å². The van der Waals surface area contributed by atoms with Crippen LogP contribution in [0.5, 0.6) is 11.5 Å². The second-order valence-electron chi connectivity index (χ2n) is 9.07. The summed E-state index contributed by atoms with van der Waals surface area (Å²) in [5.41, 5.74) is 0.261. The van der Waals surface area contributed by atoms with Gasteiger partial charge < -0.3 is 15.0 Å². The summed E-state index contributed by atoms with van der Waals surface area (Å²) in [7, 11) is -3.69. The molecule has 0 aromatic heterocycles. The van der Waals surface area contributed by atoms with E-state index in [1.54, 1.807) is 23.1 Å². The fourth-order valence-corrected chi connectivity index (χ4v) is 6.02. The number of carbonyl (C=O) groups excluding carboxylic acids is 2. The molecular weight excluding hydrogens is 466 g/mol. The normalized spacial score (nSPS) is 17.9. The van der Waals surface area contributed by atoms with Crippen LogP contribution in [0.3, 0.4) is 0 Å². The molecule has 0 atom stereocenters. The molecule has 0 radical (unpaired) electrons. The van der Waals surface area contributed by atoms with Crippen LogP contribution < -0.4 is 10.1 Å². The maximum Gasteiger partial charge on any atom is 0.244 e. The number of carbonyl (C=O) groups is 2. The number of piperidine rings is 1. The van der Waals surface area contributed by atoms with E-state index in [0.29, 0.717) is 37.6 Å². The Balaban J connectivity index is 1.58. The molecule has 1 N–H and O–H groups in total. The molecule has 2 aromatic rings. The Hall–Kier alpha value is -2.91. The van der Waals surface area contributed by atoms with Crippen molar-refractivity contribution in [1.29, 1.82) is 0 Å². The number of sulfonamides is 1. The molecule has 2 fully saturated rings. The molecule has 0 spiro atoms. The van der Waals surface area contributed by atoms with Crippen molar-refractivity contribution in [3.63, 3.8) is 0 Å². The third kappa shape index (κ3) is 6.61. The van der Waals surface area contributed by atoms with E-state index in [1.807, 2.05) is 18.2 Å². The summed E-state index contributed by atoms with van der Waals surface area (Å²) >= 11 is 0. The monoisotopic (exact) mass is 499 g/mol. The molecular formula is C26H33N3O5S. The molecule has 2 amide bonds. The zero-order valence-electron chi connectivity index (χ0n) is 19.9. The maximum absolute atomic E-state index is 13.2. The second kappa shape index (κ2) is 11.7. The highest BCUT2D eigenvalue weighted by Crippen LogP contribution is 2.33. The zero-order valence-corrected chi connectivity index (χ0v) is 20.8. The van der Waals surface area contributed by atoms with Crippen molar-refractivity contribution < 1.29 is 22.7 Å². The Morgan fingerprint density at radius 1 is 0.886 bits per heavy atom. The Morgan fingerprint density at radius 2 is 1.57 bits per heavy atom. The number of rotatable bonds is 7. The first-order chi connectivity index (χ1) is 16.9. The Kier molecular flexibility index (Phi) is 8.41. The molecule has 188 valence electrons. The number of nitrogens with zero attached hydrogens (tertiary/aromatic N) is 2. The molecule has 0 unspecified atom stereocenters. The lowest BCUT2D eigenvalue weighted by atomic mass is 10.1. The van der Waals surface area contributed by atoms with Crippen LogP contribution in [-0.2, 0) is 19.6 Å². The Bertz CT molecular complexity index is 1130. The minimum absolute atomic E-state index is 0.0259. The van der Waals surface area contributed by atoms with E-state index in [4.69, 9.17) is 4.74 Å². The van der Waals surface area contributed by atoms with Gasteiger partial charge in [-0.25, -0.2) is 8.42 Å². The lowest BCUT2D eigenvalue weighted by Gasteiger charge is -2.26. The van der Waals surface area contributed by atoms with Crippen molar-refractivity contribution in [3.8, 4) is 11.5 Å². The topological polar surface area (TPSA) is 96.0 Å². The van der Waals surface area contributed by atoms with Crippen molar-refractivity contribution in [2.45, 2.75) is 56.3 Å². The molecule has 9 heteroatoms. The average molecular weight is 500 g/mol. The molecule has 2 aliphatic rings. The van der Waals surface area contributed by atoms with Gasteiger partial charge in [0.25, 0.3) is 0 Å². The molecule has 2 saturated heterocycles. The molecule has 2 aromatic carbocycles. The van der Waals surface area contributed by atoms with Gasteiger partial charge in [0.15, 0.2) is 5.75 Å². The van der Waals surface area contributed by atoms with Crippen LogP contribution in [0, 0.1) is 0 Å². The van der Waals surface area contributed by atoms with Crippen molar-refractivity contribution in [3.05, 3.63) is 48.5 Å². The first kappa shape index (κ1) is 25.2. The van der Waals surface area contributed by atoms with Crippen LogP contribution >= 0.6 is 0 Å². The van der Waals surface area contributed by atoms with Crippen LogP contribution in [0.25, 0.3) is 0 Å². The largest absolute Gasteiger partial charge is 0.455 e. The maximum atomic E-state index is 13.2. The summed E-state index contributed by atoms with van der Waals surface area (Å²) in [6, 6.07) is 13.6. The van der Waals surface area contributed by atoms with Gasteiger partial charge in [-0.15, -0.1) is 0 Å². The summed E-state index contributed by atoms with van der Waals surface area (Å²) in [4.78, 5) is 27.1. The first-order valence-corrected chi connectivity index (χ1v) is 13.8. The van der Waals surface area contributed by atoms with Crippen LogP contribution in [0.4, 0.5) is 5.69 Å². The quantitative estimate of drug-likeness (QED) is 0.610. The highest BCUT2D eigenvalue weighted by atomic mass is 32.2. The number of hydrogen-bond donors (Lipinski definition) is 1. The number of nitrogens with one attached hydrogen (secondary N) is 1. The predicted molar refractivity (Wildman–Crippen MR) is 134 cm³/mol. The molecule has 8 nitrogen and oxygen atoms in total. The summed E-state index contributed by atoms with van der Waals surface area (Å²) in [5, 5.41) is 2.81. The van der Waals surface area contributed by atoms with Gasteiger partial charge in [-0.05, 0) is 56.0 Å². The van der Waals surface area contributed by atoms with Gasteiger partial charge in [-0.3, -0.25) is 9.59 Å². The summed E-state index contributed by atoms with van der Waals surface area (Å²) in [6.45, 7) is 1.45. The summed E-state index contributed by atoms with van der Waals surface area (Å²) in [6.07, 6.45) is 6.91. The third-order valence-electron chi connectivity index (χ3n) is 6.40. The molecule has 0 aliphatic carbocycles. The molecule has 35 heavy (non-hydrogen) atoms. The second-order valence-corrected chi connectivity index (χ2v) is 11.0. The molecule has 0 saturated carbocycles. The molecule has 4 rings (SSSR count). The van der Waals surface area contributed by atoms with Gasteiger partial charge in [-0.2, -0.15) is 4.31 Å².